The average Bonchev–Trinajstić information content (AvgIpc) is 3.44. The second kappa shape index (κ2) is 33.6. The molecule has 0 saturated heterocycles. The number of allylic oxidation sites excluding steroid dienone is 5. The highest BCUT2D eigenvalue weighted by atomic mass is 31.2. The topological polar surface area (TPSA) is 152 Å². The first-order chi connectivity index (χ1) is 27.8. The Balaban J connectivity index is 2.47. The fraction of sp³-hybridized carbons (Fsp3) is 0.783. The lowest BCUT2D eigenvalue weighted by Gasteiger charge is -2.28. The van der Waals surface area contributed by atoms with E-state index < -0.39 is 32.1 Å². The van der Waals surface area contributed by atoms with Gasteiger partial charge in [-0.2, -0.15) is 0 Å². The van der Waals surface area contributed by atoms with Gasteiger partial charge in [-0.15, -0.1) is 0 Å². The minimum Gasteiger partial charge on any atom is -0.756 e. The van der Waals surface area contributed by atoms with Crippen LogP contribution in [0.2, 0.25) is 0 Å². The van der Waals surface area contributed by atoms with Gasteiger partial charge in [0.1, 0.15) is 25.5 Å². The predicted molar refractivity (Wildman–Crippen MR) is 232 cm³/mol. The van der Waals surface area contributed by atoms with Crippen molar-refractivity contribution in [1.82, 2.24) is 0 Å². The van der Waals surface area contributed by atoms with Crippen LogP contribution in [-0.2, 0) is 32.7 Å². The molecule has 1 fully saturated rings. The highest BCUT2D eigenvalue weighted by Gasteiger charge is 2.39. The molecule has 1 saturated carbocycles. The number of phosphoric ester groups is 1. The summed E-state index contributed by atoms with van der Waals surface area (Å²) in [5, 5.41) is 20.7. The molecule has 0 heterocycles. The van der Waals surface area contributed by atoms with Crippen LogP contribution in [0, 0.1) is 11.8 Å². The Bertz CT molecular complexity index is 1230. The molecule has 0 radical (unpaired) electrons. The van der Waals surface area contributed by atoms with E-state index in [4.69, 9.17) is 18.5 Å². The molecule has 6 atom stereocenters. The van der Waals surface area contributed by atoms with Gasteiger partial charge in [-0.1, -0.05) is 115 Å². The summed E-state index contributed by atoms with van der Waals surface area (Å²) in [6, 6.07) is 0. The molecular weight excluding hydrogens is 757 g/mol. The Morgan fingerprint density at radius 3 is 2.07 bits per heavy atom. The molecule has 1 unspecified atom stereocenters. The van der Waals surface area contributed by atoms with Gasteiger partial charge in [-0.05, 0) is 70.3 Å². The third kappa shape index (κ3) is 30.0. The van der Waals surface area contributed by atoms with Gasteiger partial charge in [0.15, 0.2) is 6.10 Å². The van der Waals surface area contributed by atoms with E-state index in [1.54, 1.807) is 12.2 Å². The number of ketones is 1. The number of quaternary nitrogens is 1. The Labute approximate surface area is 352 Å². The van der Waals surface area contributed by atoms with Gasteiger partial charge in [0.25, 0.3) is 7.82 Å². The second-order valence-electron chi connectivity index (χ2n) is 16.9. The maximum absolute atomic E-state index is 12.6. The van der Waals surface area contributed by atoms with Gasteiger partial charge in [0.2, 0.25) is 0 Å². The van der Waals surface area contributed by atoms with Crippen molar-refractivity contribution in [2.24, 2.45) is 11.8 Å². The maximum atomic E-state index is 12.6. The predicted octanol–water partition coefficient (Wildman–Crippen LogP) is 9.46. The van der Waals surface area contributed by atoms with Crippen molar-refractivity contribution in [3.8, 4) is 0 Å². The average molecular weight is 840 g/mol. The molecule has 0 aromatic carbocycles. The molecule has 0 spiro atoms. The Kier molecular flexibility index (Phi) is 31.2. The number of ether oxygens (including phenoxy) is 2. The lowest BCUT2D eigenvalue weighted by Crippen LogP contribution is -2.37. The van der Waals surface area contributed by atoms with Crippen LogP contribution < -0.4 is 4.89 Å². The minimum absolute atomic E-state index is 0.0171. The molecular formula is C46H82NO10P. The van der Waals surface area contributed by atoms with Gasteiger partial charge in [0.05, 0.1) is 46.2 Å². The van der Waals surface area contributed by atoms with Gasteiger partial charge >= 0.3 is 5.97 Å². The highest BCUT2D eigenvalue weighted by Crippen LogP contribution is 2.38. The van der Waals surface area contributed by atoms with Crippen molar-refractivity contribution in [3.63, 3.8) is 0 Å². The van der Waals surface area contributed by atoms with Crippen molar-refractivity contribution in [2.75, 3.05) is 47.5 Å². The number of unbranched alkanes of at least 4 members (excludes halogenated alkanes) is 14. The standard InChI is InChI=1S/C46H82NO10P/c1-6-8-10-11-12-13-14-15-16-17-18-19-20-21-24-28-35-54-41(39-57-58(52,53)56-36-34-47(3,4)5)38-55-46(51)31-27-23-22-26-30-42-43(45(50)37-44(42)49)33-32-40(48)29-25-9-7-2/h13-14,22,26,28,32-33,35,40-43,45,48,50H,6-12,15-21,23-25,27,29-31,34,36-39H2,1-5H3/b14-13-,26-22-,33-32+,35-28+/t40-,41+,42+,43+,45+/m0/s1. The summed E-state index contributed by atoms with van der Waals surface area (Å²) in [5.74, 6) is -1.09. The van der Waals surface area contributed by atoms with E-state index in [0.29, 0.717) is 36.7 Å². The van der Waals surface area contributed by atoms with E-state index in [1.807, 2.05) is 39.4 Å². The SMILES string of the molecule is CCCCCC/C=C\CCCCCCCC/C=C/O[C@H](COC(=O)CCC/C=C\C[C@H]1C(=O)C[C@@H](O)[C@@H]1/C=C/[C@@H](O)CCCCC)COP(=O)([O-])OCC[N+](C)(C)C. The number of hydrogen-bond donors (Lipinski definition) is 2. The summed E-state index contributed by atoms with van der Waals surface area (Å²) in [6.45, 7) is 4.27. The summed E-state index contributed by atoms with van der Waals surface area (Å²) in [6.07, 6.45) is 34.4. The molecule has 1 aliphatic rings. The van der Waals surface area contributed by atoms with Crippen LogP contribution in [0.5, 0.6) is 0 Å². The molecule has 336 valence electrons. The van der Waals surface area contributed by atoms with Crippen LogP contribution in [0.4, 0.5) is 0 Å². The van der Waals surface area contributed by atoms with Crippen molar-refractivity contribution in [1.29, 1.82) is 0 Å². The van der Waals surface area contributed by atoms with Crippen LogP contribution in [0.1, 0.15) is 155 Å². The third-order valence-electron chi connectivity index (χ3n) is 10.3. The van der Waals surface area contributed by atoms with Crippen molar-refractivity contribution in [2.45, 2.75) is 173 Å². The van der Waals surface area contributed by atoms with Crippen LogP contribution in [0.25, 0.3) is 0 Å². The Morgan fingerprint density at radius 2 is 1.41 bits per heavy atom. The third-order valence-corrected chi connectivity index (χ3v) is 11.3. The fourth-order valence-corrected chi connectivity index (χ4v) is 7.35. The largest absolute Gasteiger partial charge is 0.756 e. The highest BCUT2D eigenvalue weighted by molar-refractivity contribution is 7.45. The number of likely N-dealkylation sites (N-methyl/N-ethyl adjacent to an activating group) is 1. The zero-order chi connectivity index (χ0) is 42.9. The Hall–Kier alpha value is -2.11. The number of carbonyl (C=O) groups excluding carboxylic acids is 2. The zero-order valence-electron chi connectivity index (χ0n) is 36.9. The zero-order valence-corrected chi connectivity index (χ0v) is 37.8. The van der Waals surface area contributed by atoms with Crippen molar-refractivity contribution < 1.29 is 52.3 Å². The molecule has 0 bridgehead atoms. The molecule has 11 nitrogen and oxygen atoms in total. The van der Waals surface area contributed by atoms with Crippen LogP contribution >= 0.6 is 7.82 Å². The molecule has 0 amide bonds. The van der Waals surface area contributed by atoms with Gasteiger partial charge in [0, 0.05) is 24.7 Å². The molecule has 0 aliphatic heterocycles. The molecule has 1 aliphatic carbocycles. The van der Waals surface area contributed by atoms with Crippen molar-refractivity contribution in [3.05, 3.63) is 48.8 Å². The van der Waals surface area contributed by atoms with Crippen LogP contribution in [-0.4, -0.2) is 92.3 Å². The lowest BCUT2D eigenvalue weighted by atomic mass is 9.90. The normalized spacial score (nSPS) is 19.9. The van der Waals surface area contributed by atoms with E-state index in [1.165, 1.54) is 70.5 Å². The molecule has 0 aromatic rings. The molecule has 0 aromatic heterocycles. The number of rotatable bonds is 37. The first kappa shape index (κ1) is 53.9. The van der Waals surface area contributed by atoms with Crippen LogP contribution in [0.15, 0.2) is 48.8 Å². The summed E-state index contributed by atoms with van der Waals surface area (Å²) < 4.78 is 34.3. The minimum atomic E-state index is -4.58. The smallest absolute Gasteiger partial charge is 0.305 e. The number of esters is 1. The van der Waals surface area contributed by atoms with Crippen LogP contribution in [0.3, 0.4) is 0 Å². The number of hydrogen-bond acceptors (Lipinski definition) is 10. The first-order valence-electron chi connectivity index (χ1n) is 22.5. The van der Waals surface area contributed by atoms with Gasteiger partial charge in [-0.3, -0.25) is 14.2 Å². The first-order valence-corrected chi connectivity index (χ1v) is 24.0. The number of nitrogens with zero attached hydrogens (tertiary/aromatic N) is 1. The van der Waals surface area contributed by atoms with E-state index in [-0.39, 0.29) is 50.3 Å². The molecule has 2 N–H and O–H groups in total. The summed E-state index contributed by atoms with van der Waals surface area (Å²) in [7, 11) is 1.21. The number of phosphoric acid groups is 1. The van der Waals surface area contributed by atoms with Gasteiger partial charge in [-0.25, -0.2) is 0 Å². The van der Waals surface area contributed by atoms with E-state index in [2.05, 4.69) is 26.0 Å². The fourth-order valence-electron chi connectivity index (χ4n) is 6.62. The quantitative estimate of drug-likeness (QED) is 0.0155. The van der Waals surface area contributed by atoms with E-state index in [9.17, 15) is 29.3 Å². The summed E-state index contributed by atoms with van der Waals surface area (Å²) >= 11 is 0. The molecule has 1 rings (SSSR count). The Morgan fingerprint density at radius 1 is 0.828 bits per heavy atom. The van der Waals surface area contributed by atoms with E-state index in [0.717, 1.165) is 38.5 Å². The number of Topliss-reactive ketones (excluding diaryl/α,β-unsaturated/α-hetero) is 1. The number of carbonyl (C=O) groups is 2. The lowest BCUT2D eigenvalue weighted by molar-refractivity contribution is -0.870. The molecule has 58 heavy (non-hydrogen) atoms. The van der Waals surface area contributed by atoms with Gasteiger partial charge < -0.3 is 38.1 Å². The second-order valence-corrected chi connectivity index (χ2v) is 18.3. The number of aliphatic hydroxyl groups excluding tert-OH is 2. The van der Waals surface area contributed by atoms with Crippen molar-refractivity contribution >= 4 is 19.6 Å². The molecule has 12 heteroatoms. The maximum Gasteiger partial charge on any atom is 0.305 e. The number of aliphatic hydroxyl groups is 2. The monoisotopic (exact) mass is 840 g/mol. The van der Waals surface area contributed by atoms with E-state index >= 15 is 0 Å². The summed E-state index contributed by atoms with van der Waals surface area (Å²) in [5.41, 5.74) is 0. The summed E-state index contributed by atoms with van der Waals surface area (Å²) in [4.78, 5) is 37.5.